The first-order valence-electron chi connectivity index (χ1n) is 4.29. The third-order valence-electron chi connectivity index (χ3n) is 2.41. The highest BCUT2D eigenvalue weighted by Gasteiger charge is 2.23. The molecule has 0 aromatic heterocycles. The maximum absolute atomic E-state index is 10.4. The molecule has 0 aromatic carbocycles. The molecule has 2 atom stereocenters. The second-order valence-corrected chi connectivity index (χ2v) is 3.56. The molecule has 1 aliphatic rings. The summed E-state index contributed by atoms with van der Waals surface area (Å²) in [5, 5.41) is 8.54. The van der Waals surface area contributed by atoms with Crippen LogP contribution in [0.5, 0.6) is 0 Å². The van der Waals surface area contributed by atoms with Gasteiger partial charge in [0, 0.05) is 19.1 Å². The molecule has 0 spiro atoms. The lowest BCUT2D eigenvalue weighted by molar-refractivity contribution is -0.138. The Morgan fingerprint density at radius 3 is 2.92 bits per heavy atom. The predicted molar refractivity (Wildman–Crippen MR) is 45.8 cm³/mol. The molecule has 4 heteroatoms. The Labute approximate surface area is 72.3 Å². The van der Waals surface area contributed by atoms with Crippen molar-refractivity contribution in [2.24, 2.45) is 11.7 Å². The number of nitrogens with zero attached hydrogens (tertiary/aromatic N) is 1. The molecule has 1 rings (SSSR count). The molecule has 1 saturated heterocycles. The minimum Gasteiger partial charge on any atom is -0.480 e. The average Bonchev–Trinajstić information content (AvgIpc) is 1.96. The third kappa shape index (κ3) is 2.46. The lowest BCUT2D eigenvalue weighted by Gasteiger charge is -2.33. The lowest BCUT2D eigenvalue weighted by atomic mass is 9.95. The molecule has 1 heterocycles. The van der Waals surface area contributed by atoms with Gasteiger partial charge in [0.25, 0.3) is 0 Å². The van der Waals surface area contributed by atoms with E-state index in [1.165, 1.54) is 0 Å². The molecule has 0 saturated carbocycles. The summed E-state index contributed by atoms with van der Waals surface area (Å²) in [5.41, 5.74) is 5.80. The van der Waals surface area contributed by atoms with Gasteiger partial charge in [0.15, 0.2) is 0 Å². The van der Waals surface area contributed by atoms with Crippen LogP contribution in [0.3, 0.4) is 0 Å². The van der Waals surface area contributed by atoms with Crippen molar-refractivity contribution >= 4 is 5.97 Å². The third-order valence-corrected chi connectivity index (χ3v) is 2.41. The van der Waals surface area contributed by atoms with Crippen LogP contribution >= 0.6 is 0 Å². The molecule has 1 aliphatic heterocycles. The number of hydrogen-bond donors (Lipinski definition) is 2. The first-order chi connectivity index (χ1) is 5.59. The van der Waals surface area contributed by atoms with Gasteiger partial charge >= 0.3 is 5.97 Å². The van der Waals surface area contributed by atoms with Gasteiger partial charge in [-0.3, -0.25) is 9.69 Å². The molecule has 3 N–H and O–H groups in total. The van der Waals surface area contributed by atoms with Crippen molar-refractivity contribution in [3.63, 3.8) is 0 Å². The van der Waals surface area contributed by atoms with Crippen molar-refractivity contribution in [1.82, 2.24) is 4.90 Å². The second kappa shape index (κ2) is 3.87. The number of carbonyl (C=O) groups is 1. The smallest absolute Gasteiger partial charge is 0.317 e. The summed E-state index contributed by atoms with van der Waals surface area (Å²) in [5.74, 6) is -0.337. The molecule has 0 amide bonds. The van der Waals surface area contributed by atoms with E-state index in [4.69, 9.17) is 10.8 Å². The molecular formula is C8H16N2O2. The molecule has 70 valence electrons. The van der Waals surface area contributed by atoms with Crippen LogP contribution in [0.2, 0.25) is 0 Å². The van der Waals surface area contributed by atoms with Crippen LogP contribution in [0.15, 0.2) is 0 Å². The monoisotopic (exact) mass is 172 g/mol. The number of hydrogen-bond acceptors (Lipinski definition) is 3. The van der Waals surface area contributed by atoms with Gasteiger partial charge in [-0.25, -0.2) is 0 Å². The van der Waals surface area contributed by atoms with Crippen molar-refractivity contribution in [3.05, 3.63) is 0 Å². The molecule has 1 fully saturated rings. The van der Waals surface area contributed by atoms with Crippen LogP contribution in [-0.2, 0) is 4.79 Å². The zero-order valence-corrected chi connectivity index (χ0v) is 7.36. The summed E-state index contributed by atoms with van der Waals surface area (Å²) in [4.78, 5) is 12.3. The van der Waals surface area contributed by atoms with Gasteiger partial charge in [-0.2, -0.15) is 0 Å². The van der Waals surface area contributed by atoms with E-state index in [-0.39, 0.29) is 12.6 Å². The van der Waals surface area contributed by atoms with Gasteiger partial charge in [0.1, 0.15) is 0 Å². The number of likely N-dealkylation sites (tertiary alicyclic amines) is 1. The molecule has 2 unspecified atom stereocenters. The number of aliphatic carboxylic acids is 1. The highest BCUT2D eigenvalue weighted by atomic mass is 16.4. The molecular weight excluding hydrogens is 156 g/mol. The Morgan fingerprint density at radius 1 is 1.75 bits per heavy atom. The van der Waals surface area contributed by atoms with Crippen LogP contribution < -0.4 is 5.73 Å². The number of carboxylic acid groups (broad SMARTS) is 1. The van der Waals surface area contributed by atoms with Crippen LogP contribution in [0.1, 0.15) is 13.3 Å². The second-order valence-electron chi connectivity index (χ2n) is 3.56. The highest BCUT2D eigenvalue weighted by molar-refractivity contribution is 5.69. The molecule has 4 nitrogen and oxygen atoms in total. The number of piperidine rings is 1. The summed E-state index contributed by atoms with van der Waals surface area (Å²) >= 11 is 0. The van der Waals surface area contributed by atoms with Crippen molar-refractivity contribution in [2.75, 3.05) is 19.6 Å². The zero-order chi connectivity index (χ0) is 9.14. The summed E-state index contributed by atoms with van der Waals surface area (Å²) in [6, 6.07) is 0.245. The van der Waals surface area contributed by atoms with Crippen LogP contribution in [-0.4, -0.2) is 41.7 Å². The molecule has 0 aliphatic carbocycles. The summed E-state index contributed by atoms with van der Waals surface area (Å²) < 4.78 is 0. The zero-order valence-electron chi connectivity index (χ0n) is 7.36. The summed E-state index contributed by atoms with van der Waals surface area (Å²) in [6.45, 7) is 3.85. The predicted octanol–water partition coefficient (Wildman–Crippen LogP) is -0.260. The molecule has 12 heavy (non-hydrogen) atoms. The number of carboxylic acids is 1. The minimum absolute atomic E-state index is 0.150. The SMILES string of the molecule is CC1CN(CC(=O)O)CCC1N. The van der Waals surface area contributed by atoms with E-state index in [0.717, 1.165) is 19.5 Å². The van der Waals surface area contributed by atoms with Gasteiger partial charge in [-0.05, 0) is 12.3 Å². The fraction of sp³-hybridized carbons (Fsp3) is 0.875. The Hall–Kier alpha value is -0.610. The quantitative estimate of drug-likeness (QED) is 0.602. The first-order valence-corrected chi connectivity index (χ1v) is 4.29. The van der Waals surface area contributed by atoms with Gasteiger partial charge in [0.05, 0.1) is 6.54 Å². The van der Waals surface area contributed by atoms with Gasteiger partial charge in [-0.1, -0.05) is 6.92 Å². The van der Waals surface area contributed by atoms with Crippen LogP contribution in [0, 0.1) is 5.92 Å². The topological polar surface area (TPSA) is 66.6 Å². The number of rotatable bonds is 2. The van der Waals surface area contributed by atoms with Crippen molar-refractivity contribution in [1.29, 1.82) is 0 Å². The van der Waals surface area contributed by atoms with E-state index < -0.39 is 5.97 Å². The number of nitrogens with two attached hydrogens (primary N) is 1. The molecule has 0 bridgehead atoms. The van der Waals surface area contributed by atoms with Crippen molar-refractivity contribution in [2.45, 2.75) is 19.4 Å². The van der Waals surface area contributed by atoms with Gasteiger partial charge in [-0.15, -0.1) is 0 Å². The van der Waals surface area contributed by atoms with E-state index in [1.807, 2.05) is 4.90 Å². The summed E-state index contributed by atoms with van der Waals surface area (Å²) in [7, 11) is 0. The van der Waals surface area contributed by atoms with E-state index in [9.17, 15) is 4.79 Å². The highest BCUT2D eigenvalue weighted by Crippen LogP contribution is 2.13. The van der Waals surface area contributed by atoms with Crippen molar-refractivity contribution < 1.29 is 9.90 Å². The fourth-order valence-corrected chi connectivity index (χ4v) is 1.59. The van der Waals surface area contributed by atoms with Crippen LogP contribution in [0.4, 0.5) is 0 Å². The standard InChI is InChI=1S/C8H16N2O2/c1-6-4-10(5-8(11)12)3-2-7(6)9/h6-7H,2-5,9H2,1H3,(H,11,12). The normalized spacial score (nSPS) is 31.8. The van der Waals surface area contributed by atoms with E-state index >= 15 is 0 Å². The average molecular weight is 172 g/mol. The van der Waals surface area contributed by atoms with E-state index in [0.29, 0.717) is 5.92 Å². The van der Waals surface area contributed by atoms with Gasteiger partial charge in [0.2, 0.25) is 0 Å². The van der Waals surface area contributed by atoms with E-state index in [2.05, 4.69) is 6.92 Å². The Balaban J connectivity index is 2.35. The molecule has 0 radical (unpaired) electrons. The molecule has 0 aromatic rings. The Morgan fingerprint density at radius 2 is 2.42 bits per heavy atom. The Kier molecular flexibility index (Phi) is 3.05. The van der Waals surface area contributed by atoms with Crippen molar-refractivity contribution in [3.8, 4) is 0 Å². The Bertz CT molecular complexity index is 172. The van der Waals surface area contributed by atoms with Crippen LogP contribution in [0.25, 0.3) is 0 Å². The largest absolute Gasteiger partial charge is 0.480 e. The maximum Gasteiger partial charge on any atom is 0.317 e. The van der Waals surface area contributed by atoms with Gasteiger partial charge < -0.3 is 10.8 Å². The first kappa shape index (κ1) is 9.48. The minimum atomic E-state index is -0.752. The fourth-order valence-electron chi connectivity index (χ4n) is 1.59. The maximum atomic E-state index is 10.4. The van der Waals surface area contributed by atoms with E-state index in [1.54, 1.807) is 0 Å². The lowest BCUT2D eigenvalue weighted by Crippen LogP contribution is -2.47. The summed E-state index contributed by atoms with van der Waals surface area (Å²) in [6.07, 6.45) is 0.911.